The fraction of sp³-hybridized carbons (Fsp3) is 0.286. The molecule has 0 unspecified atom stereocenters. The second kappa shape index (κ2) is 9.90. The fourth-order valence-electron chi connectivity index (χ4n) is 3.54. The fourth-order valence-corrected chi connectivity index (χ4v) is 3.54. The predicted octanol–water partition coefficient (Wildman–Crippen LogP) is 6.44. The van der Waals surface area contributed by atoms with E-state index in [-0.39, 0.29) is 5.97 Å². The van der Waals surface area contributed by atoms with Crippen molar-refractivity contribution in [1.82, 2.24) is 9.55 Å². The van der Waals surface area contributed by atoms with Crippen molar-refractivity contribution in [1.29, 1.82) is 0 Å². The molecule has 0 fully saturated rings. The monoisotopic (exact) mass is 442 g/mol. The summed E-state index contributed by atoms with van der Waals surface area (Å²) in [5, 5.41) is 0. The van der Waals surface area contributed by atoms with E-state index in [1.54, 1.807) is 0 Å². The van der Waals surface area contributed by atoms with Gasteiger partial charge in [-0.05, 0) is 57.9 Å². The topological polar surface area (TPSA) is 53.4 Å². The molecule has 4 aromatic rings. The summed E-state index contributed by atoms with van der Waals surface area (Å²) in [4.78, 5) is 16.8. The zero-order valence-corrected chi connectivity index (χ0v) is 19.5. The molecule has 33 heavy (non-hydrogen) atoms. The minimum absolute atomic E-state index is 0.169. The number of aromatic nitrogens is 2. The summed E-state index contributed by atoms with van der Waals surface area (Å²) in [5.41, 5.74) is 3.56. The average molecular weight is 443 g/mol. The van der Waals surface area contributed by atoms with Crippen molar-refractivity contribution in [3.05, 3.63) is 78.9 Å². The highest BCUT2D eigenvalue weighted by Crippen LogP contribution is 2.30. The molecule has 3 aromatic carbocycles. The van der Waals surface area contributed by atoms with Crippen molar-refractivity contribution in [3.8, 4) is 22.8 Å². The van der Waals surface area contributed by atoms with Gasteiger partial charge in [-0.2, -0.15) is 0 Å². The molecule has 0 aliphatic heterocycles. The number of hydrogen-bond acceptors (Lipinski definition) is 4. The van der Waals surface area contributed by atoms with Gasteiger partial charge in [0.15, 0.2) is 0 Å². The van der Waals surface area contributed by atoms with Crippen LogP contribution >= 0.6 is 0 Å². The molecule has 5 nitrogen and oxygen atoms in total. The Hall–Kier alpha value is -3.60. The molecule has 0 radical (unpaired) electrons. The van der Waals surface area contributed by atoms with Gasteiger partial charge < -0.3 is 9.47 Å². The highest BCUT2D eigenvalue weighted by atomic mass is 16.5. The van der Waals surface area contributed by atoms with Crippen molar-refractivity contribution in [2.75, 3.05) is 13.2 Å². The molecule has 0 amide bonds. The molecule has 0 aliphatic rings. The van der Waals surface area contributed by atoms with Gasteiger partial charge in [0.25, 0.3) is 0 Å². The van der Waals surface area contributed by atoms with Gasteiger partial charge in [-0.15, -0.1) is 0 Å². The summed E-state index contributed by atoms with van der Waals surface area (Å²) in [6, 6.07) is 26.4. The Labute approximate surface area is 195 Å². The van der Waals surface area contributed by atoms with Crippen molar-refractivity contribution in [2.24, 2.45) is 5.41 Å². The van der Waals surface area contributed by atoms with Gasteiger partial charge in [0.1, 0.15) is 11.6 Å². The number of hydrogen-bond donors (Lipinski definition) is 0. The van der Waals surface area contributed by atoms with Gasteiger partial charge >= 0.3 is 5.97 Å². The van der Waals surface area contributed by atoms with E-state index >= 15 is 0 Å². The Morgan fingerprint density at radius 3 is 2.24 bits per heavy atom. The second-order valence-corrected chi connectivity index (χ2v) is 9.06. The number of ether oxygens (including phenoxy) is 2. The standard InChI is InChI=1S/C28H30N2O3/c1-28(2,3)27(31)33-19-11-10-18-32-23-16-17-24-25(20-23)30(22-14-8-5-9-15-22)26(29-24)21-12-6-4-7-13-21/h4-9,12-17,20H,10-11,18-19H2,1-3H3. The Morgan fingerprint density at radius 1 is 0.879 bits per heavy atom. The number of carbonyl (C=O) groups is 1. The maximum absolute atomic E-state index is 11.8. The molecule has 0 bridgehead atoms. The first-order valence-electron chi connectivity index (χ1n) is 11.4. The lowest BCUT2D eigenvalue weighted by atomic mass is 9.97. The molecule has 1 aromatic heterocycles. The lowest BCUT2D eigenvalue weighted by Crippen LogP contribution is -2.23. The molecule has 0 atom stereocenters. The van der Waals surface area contributed by atoms with Crippen LogP contribution in [-0.4, -0.2) is 28.7 Å². The highest BCUT2D eigenvalue weighted by molar-refractivity contribution is 5.84. The maximum Gasteiger partial charge on any atom is 0.311 e. The summed E-state index contributed by atoms with van der Waals surface area (Å²) in [6.45, 7) is 6.55. The summed E-state index contributed by atoms with van der Waals surface area (Å²) in [6.07, 6.45) is 1.58. The Bertz CT molecular complexity index is 1210. The van der Waals surface area contributed by atoms with E-state index in [1.807, 2.05) is 75.4 Å². The van der Waals surface area contributed by atoms with Crippen LogP contribution < -0.4 is 4.74 Å². The van der Waals surface area contributed by atoms with Crippen LogP contribution in [0.4, 0.5) is 0 Å². The van der Waals surface area contributed by atoms with E-state index in [2.05, 4.69) is 28.8 Å². The molecule has 0 N–H and O–H groups in total. The molecule has 4 rings (SSSR count). The first-order chi connectivity index (χ1) is 15.9. The van der Waals surface area contributed by atoms with Gasteiger partial charge in [0, 0.05) is 17.3 Å². The first-order valence-corrected chi connectivity index (χ1v) is 11.4. The van der Waals surface area contributed by atoms with Gasteiger partial charge in [-0.3, -0.25) is 9.36 Å². The maximum atomic E-state index is 11.8. The minimum Gasteiger partial charge on any atom is -0.494 e. The van der Waals surface area contributed by atoms with Crippen molar-refractivity contribution >= 4 is 17.0 Å². The van der Waals surface area contributed by atoms with Crippen molar-refractivity contribution in [3.63, 3.8) is 0 Å². The van der Waals surface area contributed by atoms with Crippen LogP contribution in [0.1, 0.15) is 33.6 Å². The normalized spacial score (nSPS) is 11.5. The molecule has 1 heterocycles. The number of imidazole rings is 1. The first kappa shape index (κ1) is 22.6. The van der Waals surface area contributed by atoms with E-state index in [1.165, 1.54) is 0 Å². The zero-order chi connectivity index (χ0) is 23.3. The second-order valence-electron chi connectivity index (χ2n) is 9.06. The van der Waals surface area contributed by atoms with Crippen molar-refractivity contribution in [2.45, 2.75) is 33.6 Å². The lowest BCUT2D eigenvalue weighted by molar-refractivity contribution is -0.153. The summed E-state index contributed by atoms with van der Waals surface area (Å²) < 4.78 is 13.5. The largest absolute Gasteiger partial charge is 0.494 e. The van der Waals surface area contributed by atoms with E-state index < -0.39 is 5.41 Å². The van der Waals surface area contributed by atoms with Gasteiger partial charge in [-0.25, -0.2) is 4.98 Å². The van der Waals surface area contributed by atoms with Crippen LogP contribution in [-0.2, 0) is 9.53 Å². The molecular weight excluding hydrogens is 412 g/mol. The molecule has 0 spiro atoms. The zero-order valence-electron chi connectivity index (χ0n) is 19.5. The van der Waals surface area contributed by atoms with Crippen LogP contribution in [0.15, 0.2) is 78.9 Å². The Morgan fingerprint density at radius 2 is 1.55 bits per heavy atom. The van der Waals surface area contributed by atoms with Gasteiger partial charge in [0.2, 0.25) is 0 Å². The Balaban J connectivity index is 1.50. The van der Waals surface area contributed by atoms with E-state index in [0.717, 1.165) is 46.7 Å². The quantitative estimate of drug-likeness (QED) is 0.233. The number of esters is 1. The lowest BCUT2D eigenvalue weighted by Gasteiger charge is -2.16. The minimum atomic E-state index is -0.466. The van der Waals surface area contributed by atoms with Crippen molar-refractivity contribution < 1.29 is 14.3 Å². The summed E-state index contributed by atoms with van der Waals surface area (Å²) in [7, 11) is 0. The van der Waals surface area contributed by atoms with E-state index in [0.29, 0.717) is 13.2 Å². The number of unbranched alkanes of at least 4 members (excludes halogenated alkanes) is 1. The van der Waals surface area contributed by atoms with E-state index in [9.17, 15) is 4.79 Å². The van der Waals surface area contributed by atoms with E-state index in [4.69, 9.17) is 14.5 Å². The summed E-state index contributed by atoms with van der Waals surface area (Å²) >= 11 is 0. The summed E-state index contributed by atoms with van der Waals surface area (Å²) in [5.74, 6) is 1.53. The van der Waals surface area contributed by atoms with Crippen LogP contribution in [0.2, 0.25) is 0 Å². The SMILES string of the molecule is CC(C)(C)C(=O)OCCCCOc1ccc2nc(-c3ccccc3)n(-c3ccccc3)c2c1. The number of nitrogens with zero attached hydrogens (tertiary/aromatic N) is 2. The number of carbonyl (C=O) groups excluding carboxylic acids is 1. The molecule has 170 valence electrons. The van der Waals surface area contributed by atoms with Crippen LogP contribution in [0.3, 0.4) is 0 Å². The van der Waals surface area contributed by atoms with Crippen LogP contribution in [0.25, 0.3) is 28.1 Å². The smallest absolute Gasteiger partial charge is 0.311 e. The molecule has 0 aliphatic carbocycles. The predicted molar refractivity (Wildman–Crippen MR) is 132 cm³/mol. The third-order valence-corrected chi connectivity index (χ3v) is 5.33. The van der Waals surface area contributed by atoms with Crippen LogP contribution in [0, 0.1) is 5.41 Å². The van der Waals surface area contributed by atoms with Gasteiger partial charge in [-0.1, -0.05) is 48.5 Å². The molecule has 5 heteroatoms. The average Bonchev–Trinajstić information content (AvgIpc) is 3.20. The van der Waals surface area contributed by atoms with Crippen LogP contribution in [0.5, 0.6) is 5.75 Å². The number of rotatable bonds is 8. The van der Waals surface area contributed by atoms with Gasteiger partial charge in [0.05, 0.1) is 29.7 Å². The Kier molecular flexibility index (Phi) is 6.78. The molecule has 0 saturated carbocycles. The highest BCUT2D eigenvalue weighted by Gasteiger charge is 2.22. The molecular formula is C28H30N2O3. The number of para-hydroxylation sites is 1. The third-order valence-electron chi connectivity index (χ3n) is 5.33. The number of benzene rings is 3. The molecule has 0 saturated heterocycles. The number of fused-ring (bicyclic) bond motifs is 1. The third kappa shape index (κ3) is 5.43.